The molecular formula is C17H10Cl2FN3O. The summed E-state index contributed by atoms with van der Waals surface area (Å²) in [5.41, 5.74) is 1.47. The first-order valence-corrected chi connectivity index (χ1v) is 7.66. The minimum atomic E-state index is -0.574. The van der Waals surface area contributed by atoms with Crippen LogP contribution in [0.2, 0.25) is 10.0 Å². The van der Waals surface area contributed by atoms with E-state index in [2.05, 4.69) is 10.2 Å². The predicted octanol–water partition coefficient (Wildman–Crippen LogP) is 5.11. The average Bonchev–Trinajstić information content (AvgIpc) is 3.06. The van der Waals surface area contributed by atoms with Crippen LogP contribution in [0.15, 0.2) is 42.6 Å². The zero-order valence-corrected chi connectivity index (χ0v) is 13.7. The molecule has 0 saturated heterocycles. The molecule has 0 unspecified atom stereocenters. The van der Waals surface area contributed by atoms with E-state index in [1.807, 2.05) is 6.07 Å². The zero-order valence-electron chi connectivity index (χ0n) is 12.2. The fourth-order valence-electron chi connectivity index (χ4n) is 2.20. The summed E-state index contributed by atoms with van der Waals surface area (Å²) in [4.78, 5) is 0. The molecule has 0 aliphatic heterocycles. The Labute approximate surface area is 147 Å². The van der Waals surface area contributed by atoms with Gasteiger partial charge in [-0.15, -0.1) is 0 Å². The standard InChI is InChI=1S/C17H10Cl2FN3O/c18-12-5-10(9-21)6-14(8-12)24-17-15(19)2-1-11(16(17)20)7-13-3-4-22-23-13/h1-6,8H,7H2,(H,22,23). The van der Waals surface area contributed by atoms with Crippen LogP contribution in [0.3, 0.4) is 0 Å². The Morgan fingerprint density at radius 2 is 2.04 bits per heavy atom. The second-order valence-corrected chi connectivity index (χ2v) is 5.84. The molecular weight excluding hydrogens is 352 g/mol. The van der Waals surface area contributed by atoms with Crippen molar-refractivity contribution in [3.05, 3.63) is 75.3 Å². The lowest BCUT2D eigenvalue weighted by Gasteiger charge is -2.12. The molecule has 1 aromatic heterocycles. The van der Waals surface area contributed by atoms with E-state index < -0.39 is 5.82 Å². The molecule has 1 heterocycles. The topological polar surface area (TPSA) is 61.7 Å². The molecule has 3 rings (SSSR count). The lowest BCUT2D eigenvalue weighted by Crippen LogP contribution is -1.98. The molecule has 24 heavy (non-hydrogen) atoms. The van der Waals surface area contributed by atoms with Gasteiger partial charge < -0.3 is 4.74 Å². The highest BCUT2D eigenvalue weighted by molar-refractivity contribution is 6.32. The van der Waals surface area contributed by atoms with Crippen LogP contribution >= 0.6 is 23.2 Å². The third kappa shape index (κ3) is 3.51. The molecule has 0 radical (unpaired) electrons. The lowest BCUT2D eigenvalue weighted by atomic mass is 10.1. The second-order valence-electron chi connectivity index (χ2n) is 5.00. The van der Waals surface area contributed by atoms with Crippen LogP contribution in [0.5, 0.6) is 11.5 Å². The molecule has 4 nitrogen and oxygen atoms in total. The number of benzene rings is 2. The molecule has 120 valence electrons. The molecule has 0 aliphatic carbocycles. The van der Waals surface area contributed by atoms with E-state index in [-0.39, 0.29) is 16.5 Å². The molecule has 0 fully saturated rings. The van der Waals surface area contributed by atoms with E-state index >= 15 is 0 Å². The number of nitrogens with zero attached hydrogens (tertiary/aromatic N) is 2. The molecule has 2 aromatic carbocycles. The molecule has 7 heteroatoms. The summed E-state index contributed by atoms with van der Waals surface area (Å²) in [5.74, 6) is -0.450. The summed E-state index contributed by atoms with van der Waals surface area (Å²) in [7, 11) is 0. The van der Waals surface area contributed by atoms with Gasteiger partial charge >= 0.3 is 0 Å². The number of H-pyrrole nitrogens is 1. The number of nitrogens with one attached hydrogen (secondary N) is 1. The Morgan fingerprint density at radius 1 is 1.21 bits per heavy atom. The number of halogens is 3. The first-order chi connectivity index (χ1) is 11.6. The van der Waals surface area contributed by atoms with Crippen LogP contribution < -0.4 is 4.74 Å². The number of ether oxygens (including phenoxy) is 1. The van der Waals surface area contributed by atoms with Gasteiger partial charge in [-0.2, -0.15) is 10.4 Å². The van der Waals surface area contributed by atoms with Gasteiger partial charge in [0.1, 0.15) is 5.75 Å². The van der Waals surface area contributed by atoms with Crippen LogP contribution in [0.4, 0.5) is 4.39 Å². The van der Waals surface area contributed by atoms with Crippen molar-refractivity contribution in [1.82, 2.24) is 10.2 Å². The fraction of sp³-hybridized carbons (Fsp3) is 0.0588. The summed E-state index contributed by atoms with van der Waals surface area (Å²) in [6, 6.07) is 11.3. The number of hydrogen-bond acceptors (Lipinski definition) is 3. The van der Waals surface area contributed by atoms with Crippen molar-refractivity contribution in [2.75, 3.05) is 0 Å². The molecule has 0 spiro atoms. The van der Waals surface area contributed by atoms with Gasteiger partial charge in [0.15, 0.2) is 11.6 Å². The van der Waals surface area contributed by atoms with Crippen molar-refractivity contribution in [2.45, 2.75) is 6.42 Å². The number of hydrogen-bond donors (Lipinski definition) is 1. The van der Waals surface area contributed by atoms with Crippen LogP contribution in [0, 0.1) is 17.1 Å². The van der Waals surface area contributed by atoms with Gasteiger partial charge in [-0.25, -0.2) is 4.39 Å². The maximum absolute atomic E-state index is 14.8. The lowest BCUT2D eigenvalue weighted by molar-refractivity contribution is 0.439. The van der Waals surface area contributed by atoms with Gasteiger partial charge in [0.25, 0.3) is 0 Å². The smallest absolute Gasteiger partial charge is 0.181 e. The largest absolute Gasteiger partial charge is 0.453 e. The molecule has 3 aromatic rings. The Hall–Kier alpha value is -2.55. The Kier molecular flexibility index (Phi) is 4.70. The maximum Gasteiger partial charge on any atom is 0.181 e. The number of aromatic nitrogens is 2. The predicted molar refractivity (Wildman–Crippen MR) is 89.0 cm³/mol. The van der Waals surface area contributed by atoms with Gasteiger partial charge in [-0.05, 0) is 35.9 Å². The van der Waals surface area contributed by atoms with Crippen molar-refractivity contribution in [3.63, 3.8) is 0 Å². The Balaban J connectivity index is 1.96. The second kappa shape index (κ2) is 6.91. The summed E-state index contributed by atoms with van der Waals surface area (Å²) in [5, 5.41) is 16.0. The van der Waals surface area contributed by atoms with Gasteiger partial charge in [-0.1, -0.05) is 29.3 Å². The van der Waals surface area contributed by atoms with Crippen LogP contribution in [-0.4, -0.2) is 10.2 Å². The first kappa shape index (κ1) is 16.3. The van der Waals surface area contributed by atoms with E-state index in [1.54, 1.807) is 24.4 Å². The third-order valence-corrected chi connectivity index (χ3v) is 3.80. The molecule has 0 amide bonds. The van der Waals surface area contributed by atoms with Gasteiger partial charge in [-0.3, -0.25) is 5.10 Å². The van der Waals surface area contributed by atoms with Crippen molar-refractivity contribution in [2.24, 2.45) is 0 Å². The van der Waals surface area contributed by atoms with Crippen molar-refractivity contribution < 1.29 is 9.13 Å². The molecule has 1 N–H and O–H groups in total. The van der Waals surface area contributed by atoms with E-state index in [0.717, 1.165) is 5.69 Å². The van der Waals surface area contributed by atoms with E-state index in [0.29, 0.717) is 22.6 Å². The van der Waals surface area contributed by atoms with E-state index in [9.17, 15) is 4.39 Å². The van der Waals surface area contributed by atoms with Gasteiger partial charge in [0.2, 0.25) is 0 Å². The van der Waals surface area contributed by atoms with Gasteiger partial charge in [0, 0.05) is 23.3 Å². The SMILES string of the molecule is N#Cc1cc(Cl)cc(Oc2c(Cl)ccc(Cc3ccn[nH]3)c2F)c1. The Morgan fingerprint density at radius 3 is 2.75 bits per heavy atom. The summed E-state index contributed by atoms with van der Waals surface area (Å²) < 4.78 is 20.3. The van der Waals surface area contributed by atoms with Crippen molar-refractivity contribution >= 4 is 23.2 Å². The maximum atomic E-state index is 14.8. The highest BCUT2D eigenvalue weighted by atomic mass is 35.5. The zero-order chi connectivity index (χ0) is 17.1. The van der Waals surface area contributed by atoms with E-state index in [1.165, 1.54) is 18.2 Å². The number of rotatable bonds is 4. The molecule has 0 bridgehead atoms. The third-order valence-electron chi connectivity index (χ3n) is 3.29. The normalized spacial score (nSPS) is 10.4. The van der Waals surface area contributed by atoms with Crippen molar-refractivity contribution in [1.29, 1.82) is 5.26 Å². The Bertz CT molecular complexity index is 920. The first-order valence-electron chi connectivity index (χ1n) is 6.90. The minimum Gasteiger partial charge on any atom is -0.453 e. The highest BCUT2D eigenvalue weighted by Crippen LogP contribution is 2.35. The van der Waals surface area contributed by atoms with Crippen LogP contribution in [0.1, 0.15) is 16.8 Å². The fourth-order valence-corrected chi connectivity index (χ4v) is 2.61. The van der Waals surface area contributed by atoms with Crippen LogP contribution in [-0.2, 0) is 6.42 Å². The van der Waals surface area contributed by atoms with Crippen LogP contribution in [0.25, 0.3) is 0 Å². The summed E-state index contributed by atoms with van der Waals surface area (Å²) in [6.07, 6.45) is 1.91. The quantitative estimate of drug-likeness (QED) is 0.702. The molecule has 0 saturated carbocycles. The molecule has 0 aliphatic rings. The summed E-state index contributed by atoms with van der Waals surface area (Å²) in [6.45, 7) is 0. The van der Waals surface area contributed by atoms with E-state index in [4.69, 9.17) is 33.2 Å². The highest BCUT2D eigenvalue weighted by Gasteiger charge is 2.16. The summed E-state index contributed by atoms with van der Waals surface area (Å²) >= 11 is 12.0. The van der Waals surface area contributed by atoms with Gasteiger partial charge in [0.05, 0.1) is 16.7 Å². The monoisotopic (exact) mass is 361 g/mol. The number of nitriles is 1. The van der Waals surface area contributed by atoms with Crippen molar-refractivity contribution in [3.8, 4) is 17.6 Å². The molecule has 0 atom stereocenters. The number of aromatic amines is 1. The minimum absolute atomic E-state index is 0.111. The average molecular weight is 362 g/mol.